The van der Waals surface area contributed by atoms with Gasteiger partial charge in [0.25, 0.3) is 0 Å². The first-order valence-corrected chi connectivity index (χ1v) is 4.28. The number of hydrogen-bond donors (Lipinski definition) is 0. The molecule has 0 rings (SSSR count). The van der Waals surface area contributed by atoms with E-state index in [1.54, 1.807) is 0 Å². The molecule has 0 spiro atoms. The Morgan fingerprint density at radius 3 is 2.00 bits per heavy atom. The second kappa shape index (κ2) is 3.85. The van der Waals surface area contributed by atoms with Crippen molar-refractivity contribution >= 4 is 27.9 Å². The van der Waals surface area contributed by atoms with Gasteiger partial charge in [0.15, 0.2) is 0 Å². The minimum atomic E-state index is -0.148. The van der Waals surface area contributed by atoms with Crippen molar-refractivity contribution in [2.75, 3.05) is 3.86 Å². The molecule has 2 nitrogen and oxygen atoms in total. The molecule has 0 aliphatic heterocycles. The fraction of sp³-hybridized carbons (Fsp3) is 1.00. The Labute approximate surface area is 67.9 Å². The molecule has 44 valence electrons. The van der Waals surface area contributed by atoms with E-state index in [2.05, 4.69) is 0 Å². The summed E-state index contributed by atoms with van der Waals surface area (Å²) in [6, 6.07) is 0. The molecule has 0 amide bonds. The van der Waals surface area contributed by atoms with E-state index in [9.17, 15) is 0 Å². The molecular weight excluding hydrogens is 115 g/mol. The molecule has 0 saturated carbocycles. The van der Waals surface area contributed by atoms with Gasteiger partial charge in [0.05, 0.1) is 0 Å². The van der Waals surface area contributed by atoms with Gasteiger partial charge in [0.1, 0.15) is 0 Å². The summed E-state index contributed by atoms with van der Waals surface area (Å²) in [6.45, 7) is 5.89. The Hall–Kier alpha value is 0.920. The molecule has 3 heteroatoms. The third-order valence-corrected chi connectivity index (χ3v) is 0.662. The third-order valence-electron chi connectivity index (χ3n) is 0.427. The molecule has 0 unspecified atom stereocenters. The summed E-state index contributed by atoms with van der Waals surface area (Å²) in [6.07, 6.45) is 0. The van der Waals surface area contributed by atoms with E-state index in [0.717, 1.165) is 31.8 Å². The van der Waals surface area contributed by atoms with E-state index in [0.29, 0.717) is 0 Å². The van der Waals surface area contributed by atoms with Crippen LogP contribution in [0.1, 0.15) is 20.8 Å². The Balaban J connectivity index is 3.11. The van der Waals surface area contributed by atoms with Crippen molar-refractivity contribution in [3.63, 3.8) is 0 Å². The average molecular weight is 126 g/mol. The molecule has 0 N–H and O–H groups in total. The van der Waals surface area contributed by atoms with Crippen LogP contribution < -0.4 is 0 Å². The maximum absolute atomic E-state index is 4.91. The Morgan fingerprint density at radius 2 is 1.88 bits per heavy atom. The molecule has 0 aromatic rings. The minimum absolute atomic E-state index is 0.148. The summed E-state index contributed by atoms with van der Waals surface area (Å²) in [7, 11) is 0. The van der Waals surface area contributed by atoms with Gasteiger partial charge in [-0.15, -0.1) is 0 Å². The predicted molar refractivity (Wildman–Crippen MR) is 32.5 cm³/mol. The second-order valence-electron chi connectivity index (χ2n) is 2.60. The van der Waals surface area contributed by atoms with Gasteiger partial charge in [-0.1, -0.05) is 0 Å². The molecule has 0 aliphatic rings. The van der Waals surface area contributed by atoms with Gasteiger partial charge < -0.3 is 0 Å². The van der Waals surface area contributed by atoms with Gasteiger partial charge in [0.2, 0.25) is 0 Å². The quantitative estimate of drug-likeness (QED) is 0.310. The fourth-order valence-electron chi connectivity index (χ4n) is 0.236. The molecule has 0 aromatic heterocycles. The van der Waals surface area contributed by atoms with Crippen molar-refractivity contribution in [3.05, 3.63) is 0 Å². The van der Waals surface area contributed by atoms with E-state index >= 15 is 0 Å². The molecule has 0 aliphatic carbocycles. The molecule has 0 atom stereocenters. The SMILES string of the molecule is CC(C)(C)OO[CH2][Na]. The first-order valence-electron chi connectivity index (χ1n) is 2.87. The Bertz CT molecular complexity index is 57.9. The standard InChI is InChI=1S/C5H11O2.Na/c1-5(2,3)7-6-4;/h4H2,1-3H3;. The Kier molecular flexibility index (Phi) is 4.30. The van der Waals surface area contributed by atoms with E-state index in [1.807, 2.05) is 20.8 Å². The third kappa shape index (κ3) is 6.92. The van der Waals surface area contributed by atoms with Gasteiger partial charge in [-0.05, 0) is 0 Å². The molecule has 0 aromatic carbocycles. The number of rotatable bonds is 2. The maximum atomic E-state index is 4.91. The van der Waals surface area contributed by atoms with Crippen LogP contribution >= 0.6 is 0 Å². The van der Waals surface area contributed by atoms with Crippen LogP contribution in [0.15, 0.2) is 0 Å². The van der Waals surface area contributed by atoms with Gasteiger partial charge in [0, 0.05) is 0 Å². The van der Waals surface area contributed by atoms with Crippen LogP contribution in [0.4, 0.5) is 0 Å². The first-order chi connectivity index (χ1) is 3.56. The van der Waals surface area contributed by atoms with Crippen molar-refractivity contribution in [3.8, 4) is 0 Å². The zero-order chi connectivity index (χ0) is 6.62. The van der Waals surface area contributed by atoms with Crippen LogP contribution in [0, 0.1) is 0 Å². The molecule has 0 heterocycles. The van der Waals surface area contributed by atoms with Gasteiger partial charge in [-0.2, -0.15) is 0 Å². The summed E-state index contributed by atoms with van der Waals surface area (Å²) in [5.41, 5.74) is -0.148. The van der Waals surface area contributed by atoms with Crippen molar-refractivity contribution < 1.29 is 9.78 Å². The second-order valence-corrected chi connectivity index (χ2v) is 3.18. The summed E-state index contributed by atoms with van der Waals surface area (Å²) >= 11 is 1.04. The zero-order valence-electron chi connectivity index (χ0n) is 6.02. The van der Waals surface area contributed by atoms with Gasteiger partial charge >= 0.3 is 67.9 Å². The van der Waals surface area contributed by atoms with Crippen LogP contribution in [0.5, 0.6) is 0 Å². The summed E-state index contributed by atoms with van der Waals surface area (Å²) in [5, 5.41) is 0. The van der Waals surface area contributed by atoms with E-state index in [4.69, 9.17) is 9.78 Å². The van der Waals surface area contributed by atoms with Crippen LogP contribution in [0.3, 0.4) is 0 Å². The molecule has 8 heavy (non-hydrogen) atoms. The van der Waals surface area contributed by atoms with Crippen molar-refractivity contribution in [1.29, 1.82) is 0 Å². The van der Waals surface area contributed by atoms with Crippen molar-refractivity contribution in [2.45, 2.75) is 26.4 Å². The molecule has 0 radical (unpaired) electrons. The zero-order valence-corrected chi connectivity index (χ0v) is 8.02. The first kappa shape index (κ1) is 8.92. The van der Waals surface area contributed by atoms with Crippen LogP contribution in [0.25, 0.3) is 0 Å². The van der Waals surface area contributed by atoms with E-state index in [1.165, 1.54) is 0 Å². The number of hydrogen-bond acceptors (Lipinski definition) is 2. The van der Waals surface area contributed by atoms with Crippen LogP contribution in [-0.2, 0) is 9.78 Å². The molecular formula is C5H11NaO2. The topological polar surface area (TPSA) is 18.5 Å². The normalized spacial score (nSPS) is 12.1. The predicted octanol–water partition coefficient (Wildman–Crippen LogP) is 0.859. The Morgan fingerprint density at radius 1 is 1.38 bits per heavy atom. The van der Waals surface area contributed by atoms with Gasteiger partial charge in [-0.3, -0.25) is 0 Å². The van der Waals surface area contributed by atoms with Crippen LogP contribution in [-0.4, -0.2) is 37.4 Å². The molecule has 0 saturated heterocycles. The average Bonchev–Trinajstić information content (AvgIpc) is 1.59. The molecule has 0 fully saturated rings. The van der Waals surface area contributed by atoms with Crippen molar-refractivity contribution in [2.24, 2.45) is 0 Å². The molecule has 0 bridgehead atoms. The van der Waals surface area contributed by atoms with Crippen molar-refractivity contribution in [1.82, 2.24) is 0 Å². The summed E-state index contributed by atoms with van der Waals surface area (Å²) in [5.74, 6) is 0. The monoisotopic (exact) mass is 126 g/mol. The van der Waals surface area contributed by atoms with Crippen LogP contribution in [0.2, 0.25) is 0 Å². The van der Waals surface area contributed by atoms with Gasteiger partial charge in [-0.25, -0.2) is 0 Å². The summed E-state index contributed by atoms with van der Waals surface area (Å²) in [4.78, 5) is 9.67. The van der Waals surface area contributed by atoms with E-state index in [-0.39, 0.29) is 5.60 Å². The summed E-state index contributed by atoms with van der Waals surface area (Å²) < 4.78 is 0.747. The fourth-order valence-corrected chi connectivity index (χ4v) is 0.354. The van der Waals surface area contributed by atoms with E-state index < -0.39 is 0 Å².